The number of anilines is 2. The molecule has 0 radical (unpaired) electrons. The highest BCUT2D eigenvalue weighted by atomic mass is 127. The van der Waals surface area contributed by atoms with Crippen LogP contribution in [0.4, 0.5) is 16.2 Å². The Morgan fingerprint density at radius 2 is 2.06 bits per heavy atom. The van der Waals surface area contributed by atoms with Gasteiger partial charge in [0.25, 0.3) is 0 Å². The van der Waals surface area contributed by atoms with Crippen LogP contribution in [0.25, 0.3) is 0 Å². The molecule has 0 bridgehead atoms. The molecule has 2 rings (SSSR count). The number of hydrogen-bond acceptors (Lipinski definition) is 3. The van der Waals surface area contributed by atoms with E-state index >= 15 is 0 Å². The van der Waals surface area contributed by atoms with E-state index in [0.717, 1.165) is 15.2 Å². The first-order chi connectivity index (χ1) is 8.63. The van der Waals surface area contributed by atoms with Gasteiger partial charge in [0.2, 0.25) is 0 Å². The summed E-state index contributed by atoms with van der Waals surface area (Å²) in [6, 6.07) is 10.6. The van der Waals surface area contributed by atoms with Crippen molar-refractivity contribution >= 4 is 40.0 Å². The maximum absolute atomic E-state index is 10.7. The van der Waals surface area contributed by atoms with E-state index in [1.54, 1.807) is 12.1 Å². The fraction of sp³-hybridized carbons (Fsp3) is 0.0833. The highest BCUT2D eigenvalue weighted by Gasteiger charge is 2.01. The number of primary amides is 1. The smallest absolute Gasteiger partial charge is 0.316 e. The van der Waals surface area contributed by atoms with Crippen LogP contribution in [0.15, 0.2) is 40.8 Å². The molecule has 6 heteroatoms. The van der Waals surface area contributed by atoms with Crippen LogP contribution in [0.3, 0.4) is 0 Å². The minimum atomic E-state index is -0.576. The molecular weight excluding hydrogens is 345 g/mol. The van der Waals surface area contributed by atoms with E-state index in [2.05, 4.69) is 33.2 Å². The summed E-state index contributed by atoms with van der Waals surface area (Å²) in [4.78, 5) is 10.7. The molecule has 18 heavy (non-hydrogen) atoms. The number of furan rings is 1. The Morgan fingerprint density at radius 3 is 2.72 bits per heavy atom. The Balaban J connectivity index is 1.98. The molecule has 0 saturated carbocycles. The molecule has 1 aromatic carbocycles. The van der Waals surface area contributed by atoms with E-state index in [4.69, 9.17) is 10.2 Å². The highest BCUT2D eigenvalue weighted by Crippen LogP contribution is 2.17. The lowest BCUT2D eigenvalue weighted by molar-refractivity contribution is 0.259. The molecule has 0 aliphatic carbocycles. The number of nitrogens with one attached hydrogen (secondary N) is 2. The van der Waals surface area contributed by atoms with E-state index < -0.39 is 6.03 Å². The van der Waals surface area contributed by atoms with Crippen molar-refractivity contribution in [2.24, 2.45) is 5.73 Å². The lowest BCUT2D eigenvalue weighted by Gasteiger charge is -2.07. The van der Waals surface area contributed by atoms with Gasteiger partial charge in [-0.15, -0.1) is 0 Å². The van der Waals surface area contributed by atoms with Gasteiger partial charge in [-0.3, -0.25) is 0 Å². The first kappa shape index (κ1) is 12.7. The molecular formula is C12H12IN3O2. The van der Waals surface area contributed by atoms with Gasteiger partial charge in [0, 0.05) is 11.4 Å². The summed E-state index contributed by atoms with van der Waals surface area (Å²) >= 11 is 2.12. The van der Waals surface area contributed by atoms with Crippen LogP contribution < -0.4 is 16.4 Å². The number of carbonyl (C=O) groups excluding carboxylic acids is 1. The average Bonchev–Trinajstić information content (AvgIpc) is 2.72. The molecule has 2 aromatic rings. The third-order valence-electron chi connectivity index (χ3n) is 2.23. The second-order valence-corrected chi connectivity index (χ2v) is 4.69. The van der Waals surface area contributed by atoms with E-state index in [1.165, 1.54) is 0 Å². The standard InChI is InChI=1S/C12H12IN3O2/c13-11-5-4-10(18-11)7-15-8-2-1-3-9(6-8)16-12(14)17/h1-6,15H,7H2,(H3,14,16,17). The predicted octanol–water partition coefficient (Wildman–Crippen LogP) is 2.99. The fourth-order valence-electron chi connectivity index (χ4n) is 1.49. The quantitative estimate of drug-likeness (QED) is 0.736. The van der Waals surface area contributed by atoms with Crippen LogP contribution in [0, 0.1) is 3.77 Å². The summed E-state index contributed by atoms with van der Waals surface area (Å²) in [5.41, 5.74) is 6.59. The highest BCUT2D eigenvalue weighted by molar-refractivity contribution is 14.1. The Kier molecular flexibility index (Phi) is 4.08. The van der Waals surface area contributed by atoms with Crippen molar-refractivity contribution < 1.29 is 9.21 Å². The van der Waals surface area contributed by atoms with Gasteiger partial charge in [-0.25, -0.2) is 4.79 Å². The van der Waals surface area contributed by atoms with Crippen LogP contribution in [0.2, 0.25) is 0 Å². The molecule has 0 aliphatic heterocycles. The average molecular weight is 357 g/mol. The van der Waals surface area contributed by atoms with E-state index in [9.17, 15) is 4.79 Å². The molecule has 0 saturated heterocycles. The van der Waals surface area contributed by atoms with Crippen LogP contribution in [0.1, 0.15) is 5.76 Å². The maximum atomic E-state index is 10.7. The van der Waals surface area contributed by atoms with Gasteiger partial charge in [-0.1, -0.05) is 6.07 Å². The number of hydrogen-bond donors (Lipinski definition) is 3. The van der Waals surface area contributed by atoms with Crippen molar-refractivity contribution in [2.45, 2.75) is 6.54 Å². The molecule has 0 atom stereocenters. The molecule has 1 heterocycles. The van der Waals surface area contributed by atoms with Gasteiger partial charge < -0.3 is 20.8 Å². The zero-order valence-electron chi connectivity index (χ0n) is 9.44. The SMILES string of the molecule is NC(=O)Nc1cccc(NCc2ccc(I)o2)c1. The van der Waals surface area contributed by atoms with Crippen molar-refractivity contribution in [2.75, 3.05) is 10.6 Å². The Hall–Kier alpha value is -1.70. The van der Waals surface area contributed by atoms with Crippen LogP contribution in [-0.4, -0.2) is 6.03 Å². The van der Waals surface area contributed by atoms with Crippen molar-refractivity contribution in [1.82, 2.24) is 0 Å². The second kappa shape index (κ2) is 5.76. The van der Waals surface area contributed by atoms with E-state index in [-0.39, 0.29) is 0 Å². The fourth-order valence-corrected chi connectivity index (χ4v) is 1.95. The molecule has 5 nitrogen and oxygen atoms in total. The van der Waals surface area contributed by atoms with E-state index in [0.29, 0.717) is 12.2 Å². The van der Waals surface area contributed by atoms with Crippen molar-refractivity contribution in [3.8, 4) is 0 Å². The zero-order valence-corrected chi connectivity index (χ0v) is 11.6. The third-order valence-corrected chi connectivity index (χ3v) is 2.81. The van der Waals surface area contributed by atoms with E-state index in [1.807, 2.05) is 24.3 Å². The predicted molar refractivity (Wildman–Crippen MR) is 78.4 cm³/mol. The first-order valence-corrected chi connectivity index (χ1v) is 6.36. The molecule has 2 amide bonds. The normalized spacial score (nSPS) is 10.1. The largest absolute Gasteiger partial charge is 0.454 e. The minimum absolute atomic E-state index is 0.576. The summed E-state index contributed by atoms with van der Waals surface area (Å²) < 4.78 is 6.29. The topological polar surface area (TPSA) is 80.3 Å². The molecule has 1 aromatic heterocycles. The van der Waals surface area contributed by atoms with Crippen molar-refractivity contribution in [3.63, 3.8) is 0 Å². The summed E-state index contributed by atoms with van der Waals surface area (Å²) in [5, 5.41) is 5.72. The molecule has 0 spiro atoms. The van der Waals surface area contributed by atoms with Crippen molar-refractivity contribution in [3.05, 3.63) is 45.9 Å². The third kappa shape index (κ3) is 3.66. The summed E-state index contributed by atoms with van der Waals surface area (Å²) in [6.45, 7) is 0.586. The minimum Gasteiger partial charge on any atom is -0.454 e. The summed E-state index contributed by atoms with van der Waals surface area (Å²) in [6.07, 6.45) is 0. The number of rotatable bonds is 4. The molecule has 0 unspecified atom stereocenters. The van der Waals surface area contributed by atoms with Gasteiger partial charge in [-0.05, 0) is 52.9 Å². The summed E-state index contributed by atoms with van der Waals surface area (Å²) in [7, 11) is 0. The Morgan fingerprint density at radius 1 is 1.28 bits per heavy atom. The lowest BCUT2D eigenvalue weighted by Crippen LogP contribution is -2.19. The number of halogens is 1. The maximum Gasteiger partial charge on any atom is 0.316 e. The number of carbonyl (C=O) groups is 1. The molecule has 4 N–H and O–H groups in total. The Labute approximate surface area is 118 Å². The van der Waals surface area contributed by atoms with Crippen LogP contribution >= 0.6 is 22.6 Å². The van der Waals surface area contributed by atoms with Crippen LogP contribution in [0.5, 0.6) is 0 Å². The molecule has 94 valence electrons. The summed E-state index contributed by atoms with van der Waals surface area (Å²) in [5.74, 6) is 0.854. The molecule has 0 fully saturated rings. The lowest BCUT2D eigenvalue weighted by atomic mass is 10.2. The van der Waals surface area contributed by atoms with Gasteiger partial charge in [0.15, 0.2) is 3.77 Å². The van der Waals surface area contributed by atoms with Gasteiger partial charge >= 0.3 is 6.03 Å². The van der Waals surface area contributed by atoms with Gasteiger partial charge in [-0.2, -0.15) is 0 Å². The van der Waals surface area contributed by atoms with Crippen molar-refractivity contribution in [1.29, 1.82) is 0 Å². The number of benzene rings is 1. The zero-order chi connectivity index (χ0) is 13.0. The number of nitrogens with two attached hydrogens (primary N) is 1. The number of amides is 2. The van der Waals surface area contributed by atoms with Crippen LogP contribution in [-0.2, 0) is 6.54 Å². The Bertz CT molecular complexity index is 554. The second-order valence-electron chi connectivity index (χ2n) is 3.63. The number of urea groups is 1. The first-order valence-electron chi connectivity index (χ1n) is 5.28. The molecule has 0 aliphatic rings. The van der Waals surface area contributed by atoms with Gasteiger partial charge in [0.1, 0.15) is 5.76 Å². The van der Waals surface area contributed by atoms with Gasteiger partial charge in [0.05, 0.1) is 6.54 Å². The monoisotopic (exact) mass is 357 g/mol.